The van der Waals surface area contributed by atoms with Gasteiger partial charge in [0.1, 0.15) is 0 Å². The highest BCUT2D eigenvalue weighted by molar-refractivity contribution is 4.77. The van der Waals surface area contributed by atoms with Crippen LogP contribution in [0.2, 0.25) is 0 Å². The third kappa shape index (κ3) is 9.44. The van der Waals surface area contributed by atoms with Crippen molar-refractivity contribution >= 4 is 0 Å². The molecule has 7 heteroatoms. The van der Waals surface area contributed by atoms with Gasteiger partial charge in [-0.05, 0) is 13.0 Å². The zero-order valence-electron chi connectivity index (χ0n) is 11.7. The van der Waals surface area contributed by atoms with Crippen molar-refractivity contribution in [1.29, 1.82) is 0 Å². The van der Waals surface area contributed by atoms with Crippen LogP contribution in [0.1, 0.15) is 51.9 Å². The van der Waals surface area contributed by atoms with Crippen LogP contribution in [0.15, 0.2) is 0 Å². The summed E-state index contributed by atoms with van der Waals surface area (Å²) in [4.78, 5) is 0. The summed E-state index contributed by atoms with van der Waals surface area (Å²) in [5.74, 6) is -3.28. The average Bonchev–Trinajstić information content (AvgIpc) is 2.28. The number of unbranched alkanes of at least 4 members (excludes halogenated alkanes) is 6. The van der Waals surface area contributed by atoms with E-state index >= 15 is 0 Å². The third-order valence-corrected chi connectivity index (χ3v) is 3.10. The van der Waals surface area contributed by atoms with Crippen molar-refractivity contribution in [3.63, 3.8) is 0 Å². The highest BCUT2D eigenvalue weighted by Crippen LogP contribution is 2.38. The summed E-state index contributed by atoms with van der Waals surface area (Å²) in [5, 5.41) is 2.26. The quantitative estimate of drug-likeness (QED) is 0.439. The third-order valence-electron chi connectivity index (χ3n) is 3.10. The zero-order chi connectivity index (χ0) is 15.6. The van der Waals surface area contributed by atoms with Gasteiger partial charge in [0.25, 0.3) is 0 Å². The normalized spacial score (nSPS) is 13.2. The van der Waals surface area contributed by atoms with Gasteiger partial charge in [-0.25, -0.2) is 0 Å². The van der Waals surface area contributed by atoms with Crippen LogP contribution < -0.4 is 5.32 Å². The molecule has 0 amide bonds. The van der Waals surface area contributed by atoms with E-state index in [1.165, 1.54) is 0 Å². The fourth-order valence-electron chi connectivity index (χ4n) is 1.87. The molecule has 0 aliphatic heterocycles. The molecule has 0 saturated heterocycles. The van der Waals surface area contributed by atoms with Gasteiger partial charge in [-0.15, -0.1) is 0 Å². The van der Waals surface area contributed by atoms with E-state index in [4.69, 9.17) is 0 Å². The lowest BCUT2D eigenvalue weighted by molar-refractivity contribution is -0.281. The highest BCUT2D eigenvalue weighted by Gasteiger charge is 2.56. The molecule has 0 radical (unpaired) electrons. The summed E-state index contributed by atoms with van der Waals surface area (Å²) in [6.45, 7) is 1.20. The van der Waals surface area contributed by atoms with E-state index in [0.717, 1.165) is 38.5 Å². The minimum absolute atomic E-state index is 0.191. The van der Waals surface area contributed by atoms with Gasteiger partial charge in [-0.2, -0.15) is 26.3 Å². The van der Waals surface area contributed by atoms with Gasteiger partial charge in [0.05, 0.1) is 0 Å². The molecule has 0 aromatic rings. The molecule has 1 nitrogen and oxygen atoms in total. The second-order valence-electron chi connectivity index (χ2n) is 4.96. The summed E-state index contributed by atoms with van der Waals surface area (Å²) in [6.07, 6.45) is -3.57. The van der Waals surface area contributed by atoms with Crippen molar-refractivity contribution in [2.24, 2.45) is 5.92 Å². The Morgan fingerprint density at radius 1 is 0.750 bits per heavy atom. The van der Waals surface area contributed by atoms with Crippen LogP contribution in [0.3, 0.4) is 0 Å². The van der Waals surface area contributed by atoms with Crippen LogP contribution in [-0.2, 0) is 0 Å². The second kappa shape index (κ2) is 9.47. The number of hydrogen-bond acceptors (Lipinski definition) is 1. The van der Waals surface area contributed by atoms with Gasteiger partial charge >= 0.3 is 12.4 Å². The molecule has 0 fully saturated rings. The second-order valence-corrected chi connectivity index (χ2v) is 4.96. The Balaban J connectivity index is 3.71. The van der Waals surface area contributed by atoms with Crippen molar-refractivity contribution in [2.45, 2.75) is 64.2 Å². The van der Waals surface area contributed by atoms with E-state index in [1.807, 2.05) is 0 Å². The van der Waals surface area contributed by atoms with Gasteiger partial charge in [-0.1, -0.05) is 45.4 Å². The summed E-state index contributed by atoms with van der Waals surface area (Å²) in [6, 6.07) is 0. The van der Waals surface area contributed by atoms with E-state index in [-0.39, 0.29) is 6.54 Å². The lowest BCUT2D eigenvalue weighted by Gasteiger charge is -2.23. The van der Waals surface area contributed by atoms with Crippen molar-refractivity contribution < 1.29 is 26.3 Å². The lowest BCUT2D eigenvalue weighted by atomic mass is 10.1. The maximum atomic E-state index is 12.2. The largest absolute Gasteiger partial charge is 0.401 e. The summed E-state index contributed by atoms with van der Waals surface area (Å²) < 4.78 is 73.2. The van der Waals surface area contributed by atoms with E-state index in [1.54, 1.807) is 0 Å². The number of halogens is 6. The van der Waals surface area contributed by atoms with Crippen molar-refractivity contribution in [3.05, 3.63) is 0 Å². The predicted octanol–water partition coefficient (Wildman–Crippen LogP) is 5.07. The van der Waals surface area contributed by atoms with E-state index < -0.39 is 24.8 Å². The summed E-state index contributed by atoms with van der Waals surface area (Å²) in [5.41, 5.74) is 0. The fraction of sp³-hybridized carbons (Fsp3) is 1.00. The van der Waals surface area contributed by atoms with E-state index in [0.29, 0.717) is 6.42 Å². The first-order valence-electron chi connectivity index (χ1n) is 7.03. The zero-order valence-corrected chi connectivity index (χ0v) is 11.7. The van der Waals surface area contributed by atoms with Gasteiger partial charge in [0, 0.05) is 6.54 Å². The first-order valence-corrected chi connectivity index (χ1v) is 7.03. The van der Waals surface area contributed by atoms with Crippen LogP contribution in [0, 0.1) is 5.92 Å². The SMILES string of the molecule is CCCCCCCCCNCC(C(F)(F)F)C(F)(F)F. The van der Waals surface area contributed by atoms with E-state index in [9.17, 15) is 26.3 Å². The molecule has 0 aromatic heterocycles. The minimum Gasteiger partial charge on any atom is -0.316 e. The summed E-state index contributed by atoms with van der Waals surface area (Å²) >= 11 is 0. The Kier molecular flexibility index (Phi) is 9.25. The van der Waals surface area contributed by atoms with Crippen molar-refractivity contribution in [2.75, 3.05) is 13.1 Å². The van der Waals surface area contributed by atoms with Crippen LogP contribution in [-0.4, -0.2) is 25.4 Å². The molecule has 20 heavy (non-hydrogen) atoms. The molecule has 0 heterocycles. The summed E-state index contributed by atoms with van der Waals surface area (Å²) in [7, 11) is 0. The number of alkyl halides is 6. The van der Waals surface area contributed by atoms with Crippen LogP contribution in [0.25, 0.3) is 0 Å². The van der Waals surface area contributed by atoms with Crippen molar-refractivity contribution in [3.8, 4) is 0 Å². The molecule has 1 N–H and O–H groups in total. The topological polar surface area (TPSA) is 12.0 Å². The Morgan fingerprint density at radius 2 is 1.20 bits per heavy atom. The first-order chi connectivity index (χ1) is 9.19. The molecule has 0 aliphatic rings. The van der Waals surface area contributed by atoms with Crippen LogP contribution in [0.4, 0.5) is 26.3 Å². The van der Waals surface area contributed by atoms with Gasteiger partial charge in [0.2, 0.25) is 0 Å². The maximum absolute atomic E-state index is 12.2. The van der Waals surface area contributed by atoms with Gasteiger partial charge in [0.15, 0.2) is 5.92 Å². The smallest absolute Gasteiger partial charge is 0.316 e. The van der Waals surface area contributed by atoms with Crippen LogP contribution in [0.5, 0.6) is 0 Å². The van der Waals surface area contributed by atoms with Gasteiger partial charge in [-0.3, -0.25) is 0 Å². The molecule has 0 bridgehead atoms. The molecule has 0 saturated carbocycles. The first kappa shape index (κ1) is 19.5. The molecule has 0 atom stereocenters. The number of nitrogens with one attached hydrogen (secondary N) is 1. The molecule has 0 aliphatic carbocycles. The molecule has 122 valence electrons. The molecular weight excluding hydrogens is 284 g/mol. The van der Waals surface area contributed by atoms with E-state index in [2.05, 4.69) is 12.2 Å². The predicted molar refractivity (Wildman–Crippen MR) is 66.5 cm³/mol. The lowest BCUT2D eigenvalue weighted by Crippen LogP contribution is -2.43. The molecule has 0 rings (SSSR count). The Labute approximate surface area is 116 Å². The van der Waals surface area contributed by atoms with Crippen molar-refractivity contribution in [1.82, 2.24) is 5.32 Å². The maximum Gasteiger partial charge on any atom is 0.401 e. The highest BCUT2D eigenvalue weighted by atomic mass is 19.4. The molecular formula is C13H23F6N. The number of rotatable bonds is 10. The number of hydrogen-bond donors (Lipinski definition) is 1. The Bertz CT molecular complexity index is 222. The standard InChI is InChI=1S/C13H23F6N/c1-2-3-4-5-6-7-8-9-20-10-11(12(14,15)16)13(17,18)19/h11,20H,2-10H2,1H3. The molecule has 0 spiro atoms. The fourth-order valence-corrected chi connectivity index (χ4v) is 1.87. The Morgan fingerprint density at radius 3 is 1.65 bits per heavy atom. The van der Waals surface area contributed by atoms with Gasteiger partial charge < -0.3 is 5.32 Å². The molecule has 0 aromatic carbocycles. The average molecular weight is 307 g/mol. The minimum atomic E-state index is -5.24. The van der Waals surface area contributed by atoms with Crippen LogP contribution >= 0.6 is 0 Å². The molecule has 0 unspecified atom stereocenters. The Hall–Kier alpha value is -0.460. The monoisotopic (exact) mass is 307 g/mol.